The molecule has 0 aliphatic heterocycles. The number of aromatic nitrogens is 3. The first-order valence-electron chi connectivity index (χ1n) is 6.83. The van der Waals surface area contributed by atoms with E-state index in [1.54, 1.807) is 13.8 Å². The molecule has 1 radical (unpaired) electrons. The molecule has 0 saturated carbocycles. The van der Waals surface area contributed by atoms with Gasteiger partial charge in [-0.3, -0.25) is 4.79 Å². The molecule has 1 aromatic carbocycles. The first-order chi connectivity index (χ1) is 10.5. The Morgan fingerprint density at radius 3 is 2.13 bits per heavy atom. The molecule has 3 aromatic rings. The van der Waals surface area contributed by atoms with Gasteiger partial charge in [0.2, 0.25) is 0 Å². The number of carbonyl (C=O) groups is 1. The zero-order valence-electron chi connectivity index (χ0n) is 13.5. The number of carboxylic acid groups (broad SMARTS) is 1. The molecular weight excluding hydrogens is 367 g/mol. The van der Waals surface area contributed by atoms with E-state index in [1.165, 1.54) is 0 Å². The van der Waals surface area contributed by atoms with E-state index in [1.807, 2.05) is 60.0 Å². The van der Waals surface area contributed by atoms with Crippen LogP contribution in [0.1, 0.15) is 19.7 Å². The molecule has 2 heterocycles. The van der Waals surface area contributed by atoms with Crippen molar-refractivity contribution in [2.24, 2.45) is 5.92 Å². The zero-order valence-corrected chi connectivity index (χ0v) is 16.3. The van der Waals surface area contributed by atoms with Gasteiger partial charge in [0.25, 0.3) is 0 Å². The molecule has 3 rings (SSSR count). The van der Waals surface area contributed by atoms with Crippen molar-refractivity contribution in [1.82, 2.24) is 14.6 Å². The normalized spacial score (nSPS) is 9.04. The average molecular weight is 386 g/mol. The number of aliphatic carboxylic acids is 1. The summed E-state index contributed by atoms with van der Waals surface area (Å²) in [4.78, 5) is 9.70. The van der Waals surface area contributed by atoms with Crippen molar-refractivity contribution in [2.45, 2.75) is 20.8 Å². The maximum absolute atomic E-state index is 9.70. The number of fused-ring (bicyclic) bond motifs is 1. The van der Waals surface area contributed by atoms with E-state index < -0.39 is 5.97 Å². The molecular formula is C17H19N3O2Y-2. The van der Waals surface area contributed by atoms with Crippen molar-refractivity contribution in [1.29, 1.82) is 0 Å². The van der Waals surface area contributed by atoms with E-state index in [2.05, 4.69) is 22.3 Å². The Morgan fingerprint density at radius 1 is 1.13 bits per heavy atom. The molecule has 5 nitrogen and oxygen atoms in total. The van der Waals surface area contributed by atoms with Gasteiger partial charge in [-0.2, -0.15) is 47.6 Å². The van der Waals surface area contributed by atoms with Crippen LogP contribution in [0.5, 0.6) is 0 Å². The molecule has 0 saturated heterocycles. The van der Waals surface area contributed by atoms with Gasteiger partial charge in [-0.1, -0.05) is 20.0 Å². The molecule has 0 fully saturated rings. The summed E-state index contributed by atoms with van der Waals surface area (Å²) in [6.07, 6.45) is 1.82. The van der Waals surface area contributed by atoms with Crippen LogP contribution in [0.15, 0.2) is 48.7 Å². The van der Waals surface area contributed by atoms with Crippen LogP contribution < -0.4 is 0 Å². The van der Waals surface area contributed by atoms with Crippen LogP contribution in [0.2, 0.25) is 0 Å². The minimum Gasteiger partial charge on any atom is -0.481 e. The monoisotopic (exact) mass is 386 g/mol. The fourth-order valence-electron chi connectivity index (χ4n) is 1.24. The Balaban J connectivity index is 0.000000329. The number of rotatable bonds is 1. The number of nitrogens with zero attached hydrogens (tertiary/aromatic N) is 3. The van der Waals surface area contributed by atoms with Crippen LogP contribution in [-0.4, -0.2) is 25.7 Å². The van der Waals surface area contributed by atoms with Crippen LogP contribution in [0.4, 0.5) is 0 Å². The van der Waals surface area contributed by atoms with Crippen molar-refractivity contribution in [2.75, 3.05) is 0 Å². The van der Waals surface area contributed by atoms with Crippen LogP contribution in [0, 0.1) is 25.0 Å². The van der Waals surface area contributed by atoms with E-state index in [0.29, 0.717) is 0 Å². The van der Waals surface area contributed by atoms with E-state index in [9.17, 15) is 4.79 Å². The second-order valence-electron chi connectivity index (χ2n) is 4.67. The topological polar surface area (TPSA) is 67.5 Å². The van der Waals surface area contributed by atoms with Crippen LogP contribution in [-0.2, 0) is 37.5 Å². The van der Waals surface area contributed by atoms with Gasteiger partial charge < -0.3 is 9.51 Å². The van der Waals surface area contributed by atoms with Gasteiger partial charge in [0.05, 0.1) is 11.6 Å². The third-order valence-corrected chi connectivity index (χ3v) is 2.53. The van der Waals surface area contributed by atoms with Gasteiger partial charge in [0, 0.05) is 32.7 Å². The molecule has 0 unspecified atom stereocenters. The van der Waals surface area contributed by atoms with Crippen molar-refractivity contribution in [3.63, 3.8) is 0 Å². The Bertz CT molecular complexity index is 658. The number of hydrogen-bond donors (Lipinski definition) is 1. The van der Waals surface area contributed by atoms with Crippen molar-refractivity contribution in [3.8, 4) is 0 Å². The Labute approximate surface area is 161 Å². The summed E-state index contributed by atoms with van der Waals surface area (Å²) in [5.41, 5.74) is 0.872. The van der Waals surface area contributed by atoms with Gasteiger partial charge in [-0.15, -0.1) is 5.10 Å². The Kier molecular flexibility index (Phi) is 11.1. The van der Waals surface area contributed by atoms with E-state index in [-0.39, 0.29) is 38.6 Å². The quantitative estimate of drug-likeness (QED) is 0.653. The summed E-state index contributed by atoms with van der Waals surface area (Å²) in [5, 5.41) is 15.8. The number of pyridine rings is 1. The number of carboxylic acids is 1. The predicted octanol–water partition coefficient (Wildman–Crippen LogP) is 3.05. The summed E-state index contributed by atoms with van der Waals surface area (Å²) >= 11 is 0. The summed E-state index contributed by atoms with van der Waals surface area (Å²) in [7, 11) is 0. The Hall–Kier alpha value is -1.59. The molecule has 0 bridgehead atoms. The molecule has 0 amide bonds. The number of aryl methyl sites for hydroxylation is 1. The first kappa shape index (κ1) is 21.4. The molecule has 0 aliphatic rings. The predicted molar refractivity (Wildman–Crippen MR) is 84.3 cm³/mol. The van der Waals surface area contributed by atoms with Crippen LogP contribution >= 0.6 is 0 Å². The fraction of sp³-hybridized carbons (Fsp3) is 0.235. The average Bonchev–Trinajstić information content (AvgIpc) is 2.92. The molecule has 0 aliphatic carbocycles. The minimum absolute atomic E-state index is 0. The summed E-state index contributed by atoms with van der Waals surface area (Å²) in [6.45, 7) is 5.19. The maximum Gasteiger partial charge on any atom is 0.305 e. The van der Waals surface area contributed by atoms with Gasteiger partial charge in [-0.05, 0) is 6.92 Å². The Morgan fingerprint density at radius 2 is 1.74 bits per heavy atom. The van der Waals surface area contributed by atoms with Gasteiger partial charge in [0.1, 0.15) is 5.82 Å². The number of hydrogen-bond acceptors (Lipinski definition) is 3. The molecule has 0 spiro atoms. The third-order valence-electron chi connectivity index (χ3n) is 2.53. The van der Waals surface area contributed by atoms with E-state index >= 15 is 0 Å². The van der Waals surface area contributed by atoms with E-state index in [0.717, 1.165) is 11.5 Å². The zero-order chi connectivity index (χ0) is 16.4. The van der Waals surface area contributed by atoms with Gasteiger partial charge in [0.15, 0.2) is 0 Å². The second kappa shape index (κ2) is 11.9. The molecule has 1 N–H and O–H groups in total. The van der Waals surface area contributed by atoms with Gasteiger partial charge >= 0.3 is 5.97 Å². The molecule has 6 heteroatoms. The smallest absolute Gasteiger partial charge is 0.305 e. The van der Waals surface area contributed by atoms with Crippen LogP contribution in [0.25, 0.3) is 5.65 Å². The maximum atomic E-state index is 9.70. The summed E-state index contributed by atoms with van der Waals surface area (Å²) in [5.74, 6) is -0.0770. The fourth-order valence-corrected chi connectivity index (χ4v) is 1.24. The third kappa shape index (κ3) is 8.57. The number of benzene rings is 1. The molecule has 119 valence electrons. The van der Waals surface area contributed by atoms with Crippen molar-refractivity contribution >= 4 is 11.6 Å². The molecule has 0 atom stereocenters. The van der Waals surface area contributed by atoms with Crippen molar-refractivity contribution in [3.05, 3.63) is 66.6 Å². The first-order valence-corrected chi connectivity index (χ1v) is 6.83. The largest absolute Gasteiger partial charge is 0.481 e. The van der Waals surface area contributed by atoms with Gasteiger partial charge in [-0.25, -0.2) is 12.1 Å². The van der Waals surface area contributed by atoms with E-state index in [4.69, 9.17) is 5.11 Å². The van der Waals surface area contributed by atoms with Crippen LogP contribution in [0.3, 0.4) is 0 Å². The van der Waals surface area contributed by atoms with Crippen molar-refractivity contribution < 1.29 is 42.6 Å². The second-order valence-corrected chi connectivity index (χ2v) is 4.67. The standard InChI is InChI=1S/C7H6N3.C6H5.C4H8O2.Y/c1-6-8-9-7-4-2-3-5-10(6)7;1-2-4-6-5-3-1;1-3(2)4(5)6;/h2,4-5H,1H3;1-5H;3H,1-2H3,(H,5,6);/q2*-1;;. The molecule has 23 heavy (non-hydrogen) atoms. The summed E-state index contributed by atoms with van der Waals surface area (Å²) in [6, 6.07) is 19.1. The minimum atomic E-state index is -0.741. The SMILES string of the molecule is CC(C)C(=O)O.Cc1nnc2cc[c-]cn12.[Y].[c-]1ccccc1. The summed E-state index contributed by atoms with van der Waals surface area (Å²) < 4.78 is 1.89. The molecule has 2 aromatic heterocycles.